The number of nitrogens with zero attached hydrogens (tertiary/aromatic N) is 1. The van der Waals surface area contributed by atoms with Crippen LogP contribution in [0.4, 0.5) is 0 Å². The first kappa shape index (κ1) is 15.0. The molecular formula is C16H22N2OS. The molecule has 0 bridgehead atoms. The van der Waals surface area contributed by atoms with Crippen LogP contribution >= 0.6 is 11.3 Å². The lowest BCUT2D eigenvalue weighted by Gasteiger charge is -2.30. The number of rotatable bonds is 7. The van der Waals surface area contributed by atoms with E-state index >= 15 is 0 Å². The minimum Gasteiger partial charge on any atom is -0.497 e. The molecule has 0 saturated carbocycles. The molecule has 0 aliphatic heterocycles. The third-order valence-corrected chi connectivity index (χ3v) is 4.35. The molecule has 0 radical (unpaired) electrons. The molecule has 2 rings (SSSR count). The third-order valence-electron chi connectivity index (χ3n) is 3.49. The van der Waals surface area contributed by atoms with E-state index in [0.29, 0.717) is 6.54 Å². The van der Waals surface area contributed by atoms with Crippen LogP contribution in [0, 0.1) is 0 Å². The zero-order valence-corrected chi connectivity index (χ0v) is 12.9. The van der Waals surface area contributed by atoms with Crippen molar-refractivity contribution in [2.45, 2.75) is 19.5 Å². The fraction of sp³-hybridized carbons (Fsp3) is 0.375. The topological polar surface area (TPSA) is 38.5 Å². The quantitative estimate of drug-likeness (QED) is 0.850. The van der Waals surface area contributed by atoms with Crippen LogP contribution in [0.25, 0.3) is 0 Å². The van der Waals surface area contributed by atoms with E-state index in [9.17, 15) is 0 Å². The molecule has 0 amide bonds. The molecular weight excluding hydrogens is 268 g/mol. The zero-order chi connectivity index (χ0) is 14.4. The molecule has 20 heavy (non-hydrogen) atoms. The van der Waals surface area contributed by atoms with Crippen LogP contribution in [0.3, 0.4) is 0 Å². The highest BCUT2D eigenvalue weighted by Gasteiger charge is 2.18. The fourth-order valence-electron chi connectivity index (χ4n) is 2.39. The Morgan fingerprint density at radius 3 is 2.75 bits per heavy atom. The summed E-state index contributed by atoms with van der Waals surface area (Å²) in [7, 11) is 1.69. The van der Waals surface area contributed by atoms with Crippen LogP contribution in [-0.4, -0.2) is 25.1 Å². The van der Waals surface area contributed by atoms with Gasteiger partial charge in [0.2, 0.25) is 0 Å². The third kappa shape index (κ3) is 3.60. The van der Waals surface area contributed by atoms with Gasteiger partial charge in [0.1, 0.15) is 5.75 Å². The predicted molar refractivity (Wildman–Crippen MR) is 85.2 cm³/mol. The van der Waals surface area contributed by atoms with Gasteiger partial charge in [0, 0.05) is 24.0 Å². The van der Waals surface area contributed by atoms with Crippen molar-refractivity contribution >= 4 is 11.3 Å². The lowest BCUT2D eigenvalue weighted by molar-refractivity contribution is 0.205. The Labute approximate surface area is 125 Å². The van der Waals surface area contributed by atoms with Crippen LogP contribution in [0.2, 0.25) is 0 Å². The second kappa shape index (κ2) is 7.43. The van der Waals surface area contributed by atoms with Gasteiger partial charge in [0.15, 0.2) is 0 Å². The average Bonchev–Trinajstić information content (AvgIpc) is 3.00. The Hall–Kier alpha value is -1.36. The molecule has 2 N–H and O–H groups in total. The van der Waals surface area contributed by atoms with Gasteiger partial charge in [-0.25, -0.2) is 0 Å². The summed E-state index contributed by atoms with van der Waals surface area (Å²) in [6.45, 7) is 4.69. The SMILES string of the molecule is CCN(Cc1cccs1)C(CN)c1cccc(OC)c1. The Morgan fingerprint density at radius 2 is 2.15 bits per heavy atom. The smallest absolute Gasteiger partial charge is 0.119 e. The summed E-state index contributed by atoms with van der Waals surface area (Å²) in [5.41, 5.74) is 7.24. The second-order valence-electron chi connectivity index (χ2n) is 4.67. The van der Waals surface area contributed by atoms with E-state index in [4.69, 9.17) is 10.5 Å². The molecule has 1 atom stereocenters. The Bertz CT molecular complexity index is 513. The number of benzene rings is 1. The number of likely N-dealkylation sites (N-methyl/N-ethyl adjacent to an activating group) is 1. The number of hydrogen-bond donors (Lipinski definition) is 1. The summed E-state index contributed by atoms with van der Waals surface area (Å²) in [6.07, 6.45) is 0. The van der Waals surface area contributed by atoms with Gasteiger partial charge in [-0.15, -0.1) is 11.3 Å². The van der Waals surface area contributed by atoms with Gasteiger partial charge < -0.3 is 10.5 Å². The van der Waals surface area contributed by atoms with Crippen molar-refractivity contribution < 1.29 is 4.74 Å². The van der Waals surface area contributed by atoms with E-state index in [1.54, 1.807) is 18.4 Å². The van der Waals surface area contributed by atoms with Gasteiger partial charge >= 0.3 is 0 Å². The molecule has 0 saturated heterocycles. The summed E-state index contributed by atoms with van der Waals surface area (Å²) >= 11 is 1.79. The van der Waals surface area contributed by atoms with E-state index in [-0.39, 0.29) is 6.04 Å². The zero-order valence-electron chi connectivity index (χ0n) is 12.1. The van der Waals surface area contributed by atoms with E-state index in [0.717, 1.165) is 18.8 Å². The first-order valence-electron chi connectivity index (χ1n) is 6.89. The van der Waals surface area contributed by atoms with Gasteiger partial charge in [-0.1, -0.05) is 25.1 Å². The van der Waals surface area contributed by atoms with E-state index in [2.05, 4.69) is 41.5 Å². The molecule has 1 aromatic heterocycles. The van der Waals surface area contributed by atoms with E-state index in [1.807, 2.05) is 12.1 Å². The van der Waals surface area contributed by atoms with Gasteiger partial charge in [-0.05, 0) is 35.7 Å². The Kier molecular flexibility index (Phi) is 5.59. The van der Waals surface area contributed by atoms with Crippen molar-refractivity contribution in [3.8, 4) is 5.75 Å². The fourth-order valence-corrected chi connectivity index (χ4v) is 3.12. The summed E-state index contributed by atoms with van der Waals surface area (Å²) < 4.78 is 5.31. The van der Waals surface area contributed by atoms with Gasteiger partial charge in [0.05, 0.1) is 7.11 Å². The van der Waals surface area contributed by atoms with Crippen LogP contribution in [0.15, 0.2) is 41.8 Å². The molecule has 1 aromatic carbocycles. The summed E-state index contributed by atoms with van der Waals surface area (Å²) in [5.74, 6) is 0.883. The highest BCUT2D eigenvalue weighted by atomic mass is 32.1. The summed E-state index contributed by atoms with van der Waals surface area (Å²) in [6, 6.07) is 12.7. The standard InChI is InChI=1S/C16H22N2OS/c1-3-18(12-15-8-5-9-20-15)16(11-17)13-6-4-7-14(10-13)19-2/h4-10,16H,3,11-12,17H2,1-2H3. The largest absolute Gasteiger partial charge is 0.497 e. The van der Waals surface area contributed by atoms with Crippen molar-refractivity contribution in [2.24, 2.45) is 5.73 Å². The molecule has 3 nitrogen and oxygen atoms in total. The lowest BCUT2D eigenvalue weighted by atomic mass is 10.0. The molecule has 0 spiro atoms. The maximum absolute atomic E-state index is 6.02. The normalized spacial score (nSPS) is 12.6. The number of nitrogens with two attached hydrogens (primary N) is 1. The molecule has 2 aromatic rings. The predicted octanol–water partition coefficient (Wildman–Crippen LogP) is 3.28. The highest BCUT2D eigenvalue weighted by molar-refractivity contribution is 7.09. The number of methoxy groups -OCH3 is 1. The highest BCUT2D eigenvalue weighted by Crippen LogP contribution is 2.25. The van der Waals surface area contributed by atoms with Crippen LogP contribution < -0.4 is 10.5 Å². The lowest BCUT2D eigenvalue weighted by Crippen LogP contribution is -2.33. The molecule has 0 aliphatic rings. The minimum absolute atomic E-state index is 0.220. The van der Waals surface area contributed by atoms with E-state index in [1.165, 1.54) is 10.4 Å². The van der Waals surface area contributed by atoms with Crippen LogP contribution in [-0.2, 0) is 6.54 Å². The number of hydrogen-bond acceptors (Lipinski definition) is 4. The molecule has 4 heteroatoms. The first-order chi connectivity index (χ1) is 9.78. The minimum atomic E-state index is 0.220. The molecule has 1 unspecified atom stereocenters. The van der Waals surface area contributed by atoms with Crippen LogP contribution in [0.5, 0.6) is 5.75 Å². The maximum Gasteiger partial charge on any atom is 0.119 e. The molecule has 0 aliphatic carbocycles. The summed E-state index contributed by atoms with van der Waals surface area (Å²) in [5, 5.41) is 2.12. The Morgan fingerprint density at radius 1 is 1.30 bits per heavy atom. The monoisotopic (exact) mass is 290 g/mol. The average molecular weight is 290 g/mol. The van der Waals surface area contributed by atoms with Crippen LogP contribution in [0.1, 0.15) is 23.4 Å². The van der Waals surface area contributed by atoms with Gasteiger partial charge in [-0.2, -0.15) is 0 Å². The number of thiophene rings is 1. The Balaban J connectivity index is 2.19. The van der Waals surface area contributed by atoms with Crippen molar-refractivity contribution in [1.29, 1.82) is 0 Å². The van der Waals surface area contributed by atoms with Crippen molar-refractivity contribution in [3.63, 3.8) is 0 Å². The molecule has 0 fully saturated rings. The van der Waals surface area contributed by atoms with Gasteiger partial charge in [-0.3, -0.25) is 4.90 Å². The van der Waals surface area contributed by atoms with E-state index < -0.39 is 0 Å². The first-order valence-corrected chi connectivity index (χ1v) is 7.77. The maximum atomic E-state index is 6.02. The van der Waals surface area contributed by atoms with Crippen molar-refractivity contribution in [3.05, 3.63) is 52.2 Å². The molecule has 1 heterocycles. The molecule has 108 valence electrons. The number of ether oxygens (including phenoxy) is 1. The van der Waals surface area contributed by atoms with Crippen molar-refractivity contribution in [1.82, 2.24) is 4.90 Å². The van der Waals surface area contributed by atoms with Crippen molar-refractivity contribution in [2.75, 3.05) is 20.2 Å². The van der Waals surface area contributed by atoms with Gasteiger partial charge in [0.25, 0.3) is 0 Å². The summed E-state index contributed by atoms with van der Waals surface area (Å²) in [4.78, 5) is 3.77. The second-order valence-corrected chi connectivity index (χ2v) is 5.70.